The fourth-order valence-corrected chi connectivity index (χ4v) is 5.36. The number of methoxy groups -OCH3 is 1. The fourth-order valence-electron chi connectivity index (χ4n) is 5.36. The zero-order valence-corrected chi connectivity index (χ0v) is 23.7. The van der Waals surface area contributed by atoms with Crippen molar-refractivity contribution < 1.29 is 39.8 Å². The third-order valence-corrected chi connectivity index (χ3v) is 7.66. The molecular formula is C35H34O8. The molecule has 1 heterocycles. The summed E-state index contributed by atoms with van der Waals surface area (Å²) < 4.78 is 11.9. The summed E-state index contributed by atoms with van der Waals surface area (Å²) in [7, 11) is 1.42. The number of Topliss-reactive ketones (excluding diaryl/α,β-unsaturated/α-hetero) is 1. The minimum absolute atomic E-state index is 0.0469. The predicted octanol–water partition coefficient (Wildman–Crippen LogP) is 6.30. The van der Waals surface area contributed by atoms with Gasteiger partial charge in [0.15, 0.2) is 5.78 Å². The number of ketones is 1. The maximum absolute atomic E-state index is 13.5. The molecule has 0 aromatic heterocycles. The number of aryl methyl sites for hydroxylation is 1. The second kappa shape index (κ2) is 12.9. The van der Waals surface area contributed by atoms with Crippen LogP contribution in [0.3, 0.4) is 0 Å². The maximum atomic E-state index is 13.5. The molecule has 8 nitrogen and oxygen atoms in total. The smallest absolute Gasteiger partial charge is 0.174 e. The van der Waals surface area contributed by atoms with Gasteiger partial charge in [0.2, 0.25) is 0 Å². The van der Waals surface area contributed by atoms with Gasteiger partial charge in [-0.05, 0) is 72.4 Å². The number of phenolic OH excluding ortho intramolecular Hbond substituents is 4. The van der Waals surface area contributed by atoms with Gasteiger partial charge >= 0.3 is 0 Å². The number of benzene rings is 4. The van der Waals surface area contributed by atoms with Crippen molar-refractivity contribution in [2.75, 3.05) is 7.11 Å². The molecule has 0 radical (unpaired) electrons. The number of phenols is 4. The van der Waals surface area contributed by atoms with E-state index in [4.69, 9.17) is 9.47 Å². The van der Waals surface area contributed by atoms with Crippen LogP contribution in [0.4, 0.5) is 0 Å². The Balaban J connectivity index is 1.49. The minimum atomic E-state index is -0.656. The first-order valence-electron chi connectivity index (χ1n) is 14.1. The highest BCUT2D eigenvalue weighted by Gasteiger charge is 2.36. The second-order valence-electron chi connectivity index (χ2n) is 10.6. The molecule has 8 heteroatoms. The molecule has 0 amide bonds. The monoisotopic (exact) mass is 582 g/mol. The Morgan fingerprint density at radius 3 is 2.14 bits per heavy atom. The van der Waals surface area contributed by atoms with Crippen molar-refractivity contribution in [3.63, 3.8) is 0 Å². The molecule has 0 saturated heterocycles. The highest BCUT2D eigenvalue weighted by Crippen LogP contribution is 2.50. The second-order valence-corrected chi connectivity index (χ2v) is 10.6. The first-order chi connectivity index (χ1) is 20.7. The van der Waals surface area contributed by atoms with E-state index in [9.17, 15) is 30.3 Å². The standard InChI is InChI=1S/C35H34O8/c1-42-32-20-29(40)33(35-34(32)30(41)19-31(43-35)23-10-17-27(39)18-11-23)28(22-8-15-26(38)16-9-22)4-2-3-24(36)12-5-21-6-13-25(37)14-7-21/h2,4,6-11,13-18,20,24,28,31,36-40H,3,5,12,19H2,1H3. The number of hydrogen-bond donors (Lipinski definition) is 5. The number of aliphatic hydroxyl groups excluding tert-OH is 1. The van der Waals surface area contributed by atoms with Gasteiger partial charge in [-0.1, -0.05) is 48.6 Å². The van der Waals surface area contributed by atoms with Crippen LogP contribution in [-0.2, 0) is 6.42 Å². The van der Waals surface area contributed by atoms with E-state index >= 15 is 0 Å². The quantitative estimate of drug-likeness (QED) is 0.138. The summed E-state index contributed by atoms with van der Waals surface area (Å²) >= 11 is 0. The molecule has 222 valence electrons. The number of hydrogen-bond acceptors (Lipinski definition) is 8. The lowest BCUT2D eigenvalue weighted by Crippen LogP contribution is -2.23. The van der Waals surface area contributed by atoms with Crippen LogP contribution < -0.4 is 9.47 Å². The normalized spacial score (nSPS) is 16.0. The summed E-state index contributed by atoms with van der Waals surface area (Å²) in [6, 6.07) is 21.2. The van der Waals surface area contributed by atoms with E-state index in [0.29, 0.717) is 30.4 Å². The minimum Gasteiger partial charge on any atom is -0.508 e. The first-order valence-corrected chi connectivity index (χ1v) is 14.1. The molecule has 4 aromatic rings. The Morgan fingerprint density at radius 2 is 1.51 bits per heavy atom. The molecule has 43 heavy (non-hydrogen) atoms. The van der Waals surface area contributed by atoms with E-state index in [1.807, 2.05) is 24.3 Å². The van der Waals surface area contributed by atoms with Gasteiger partial charge in [-0.2, -0.15) is 0 Å². The maximum Gasteiger partial charge on any atom is 0.174 e. The van der Waals surface area contributed by atoms with Gasteiger partial charge in [-0.25, -0.2) is 0 Å². The van der Waals surface area contributed by atoms with E-state index in [1.165, 1.54) is 25.3 Å². The first kappa shape index (κ1) is 29.5. The van der Waals surface area contributed by atoms with E-state index in [-0.39, 0.29) is 52.3 Å². The zero-order chi connectivity index (χ0) is 30.5. The lowest BCUT2D eigenvalue weighted by molar-refractivity contribution is 0.0841. The number of allylic oxidation sites excluding steroid dienone is 1. The van der Waals surface area contributed by atoms with Crippen molar-refractivity contribution in [3.8, 4) is 34.5 Å². The van der Waals surface area contributed by atoms with Gasteiger partial charge < -0.3 is 35.0 Å². The van der Waals surface area contributed by atoms with Crippen molar-refractivity contribution in [1.82, 2.24) is 0 Å². The number of rotatable bonds is 10. The van der Waals surface area contributed by atoms with Gasteiger partial charge in [0.1, 0.15) is 46.2 Å². The van der Waals surface area contributed by atoms with Crippen LogP contribution in [0.25, 0.3) is 0 Å². The Bertz CT molecular complexity index is 1590. The van der Waals surface area contributed by atoms with E-state index in [2.05, 4.69) is 0 Å². The average Bonchev–Trinajstić information content (AvgIpc) is 3.00. The van der Waals surface area contributed by atoms with Crippen LogP contribution in [-0.4, -0.2) is 44.5 Å². The molecule has 3 unspecified atom stereocenters. The average molecular weight is 583 g/mol. The number of aromatic hydroxyl groups is 4. The zero-order valence-electron chi connectivity index (χ0n) is 23.7. The molecule has 1 aliphatic heterocycles. The molecule has 5 rings (SSSR count). The van der Waals surface area contributed by atoms with Crippen LogP contribution in [0, 0.1) is 0 Å². The van der Waals surface area contributed by atoms with Gasteiger partial charge in [-0.3, -0.25) is 4.79 Å². The van der Waals surface area contributed by atoms with Gasteiger partial charge in [0.25, 0.3) is 0 Å². The lowest BCUT2D eigenvalue weighted by atomic mass is 9.85. The third kappa shape index (κ3) is 6.76. The molecule has 0 bridgehead atoms. The van der Waals surface area contributed by atoms with Crippen LogP contribution in [0.1, 0.15) is 63.9 Å². The number of aliphatic hydroxyl groups is 1. The Labute approximate surface area is 249 Å². The van der Waals surface area contributed by atoms with Gasteiger partial charge in [-0.15, -0.1) is 0 Å². The summed E-state index contributed by atoms with van der Waals surface area (Å²) in [5, 5.41) is 51.2. The summed E-state index contributed by atoms with van der Waals surface area (Å²) in [5.41, 5.74) is 3.00. The van der Waals surface area contributed by atoms with Crippen molar-refractivity contribution >= 4 is 5.78 Å². The predicted molar refractivity (Wildman–Crippen MR) is 161 cm³/mol. The molecule has 5 N–H and O–H groups in total. The third-order valence-electron chi connectivity index (χ3n) is 7.66. The van der Waals surface area contributed by atoms with Crippen molar-refractivity contribution in [1.29, 1.82) is 0 Å². The van der Waals surface area contributed by atoms with Crippen molar-refractivity contribution in [3.05, 3.63) is 119 Å². The largest absolute Gasteiger partial charge is 0.508 e. The van der Waals surface area contributed by atoms with Gasteiger partial charge in [0, 0.05) is 17.5 Å². The number of carbonyl (C=O) groups excluding carboxylic acids is 1. The Kier molecular flexibility index (Phi) is 8.87. The summed E-state index contributed by atoms with van der Waals surface area (Å²) in [6.45, 7) is 0. The van der Waals surface area contributed by atoms with Crippen LogP contribution in [0.5, 0.6) is 34.5 Å². The van der Waals surface area contributed by atoms with E-state index in [1.54, 1.807) is 48.5 Å². The topological polar surface area (TPSA) is 137 Å². The molecule has 0 spiro atoms. The molecule has 1 aliphatic rings. The van der Waals surface area contributed by atoms with E-state index in [0.717, 1.165) is 11.1 Å². The summed E-state index contributed by atoms with van der Waals surface area (Å²) in [5.74, 6) is -0.191. The van der Waals surface area contributed by atoms with Crippen LogP contribution in [0.2, 0.25) is 0 Å². The highest BCUT2D eigenvalue weighted by molar-refractivity contribution is 6.03. The lowest BCUT2D eigenvalue weighted by Gasteiger charge is -2.31. The van der Waals surface area contributed by atoms with Crippen LogP contribution >= 0.6 is 0 Å². The van der Waals surface area contributed by atoms with Gasteiger partial charge in [0.05, 0.1) is 19.6 Å². The van der Waals surface area contributed by atoms with Crippen molar-refractivity contribution in [2.45, 2.75) is 43.8 Å². The molecule has 0 fully saturated rings. The fraction of sp³-hybridized carbons (Fsp3) is 0.229. The SMILES string of the molecule is COc1cc(O)c(C(C=CCC(O)CCc2ccc(O)cc2)c2ccc(O)cc2)c2c1C(=O)CC(c1ccc(O)cc1)O2. The van der Waals surface area contributed by atoms with E-state index < -0.39 is 18.1 Å². The number of ether oxygens (including phenoxy) is 2. The summed E-state index contributed by atoms with van der Waals surface area (Å²) in [6.07, 6.45) is 3.91. The highest BCUT2D eigenvalue weighted by atomic mass is 16.5. The molecule has 0 saturated carbocycles. The summed E-state index contributed by atoms with van der Waals surface area (Å²) in [4.78, 5) is 13.5. The van der Waals surface area contributed by atoms with Crippen LogP contribution in [0.15, 0.2) is 91.0 Å². The Morgan fingerprint density at radius 1 is 0.907 bits per heavy atom. The molecular weight excluding hydrogens is 548 g/mol. The molecule has 4 aromatic carbocycles. The number of fused-ring (bicyclic) bond motifs is 1. The molecule has 3 atom stereocenters. The Hall–Kier alpha value is -4.95. The van der Waals surface area contributed by atoms with Crippen molar-refractivity contribution in [2.24, 2.45) is 0 Å². The molecule has 0 aliphatic carbocycles. The number of carbonyl (C=O) groups is 1.